The molecule has 1 aromatic carbocycles. The molecule has 182 valence electrons. The molecule has 35 heavy (non-hydrogen) atoms. The van der Waals surface area contributed by atoms with Gasteiger partial charge in [0.05, 0.1) is 34.4 Å². The first-order chi connectivity index (χ1) is 16.6. The molecule has 1 amide bonds. The number of aromatic amines is 1. The number of hydrogen-bond donors (Lipinski definition) is 2. The summed E-state index contributed by atoms with van der Waals surface area (Å²) in [4.78, 5) is 31.0. The number of carbonyl (C=O) groups is 1. The topological polar surface area (TPSA) is 98.2 Å². The Labute approximate surface area is 198 Å². The van der Waals surface area contributed by atoms with Crippen LogP contribution in [0.3, 0.4) is 0 Å². The smallest absolute Gasteiger partial charge is 0.386 e. The van der Waals surface area contributed by atoms with Crippen molar-refractivity contribution in [1.29, 1.82) is 0 Å². The minimum atomic E-state index is -4.61. The standard InChI is InChI=1S/C24H23F3N6O2/c1-32(21(34)15-5-6-16-18(12-15)31-22(30-16)24(25,26)27)13-23(35)8-3-11-33(14-23)19-7-10-28-17-4-2-9-29-20(17)19/h2,4-7,9-10,12,35H,3,8,11,13-14H2,1H3,(H,30,31)/t23-/m1/s1. The molecule has 0 aliphatic carbocycles. The summed E-state index contributed by atoms with van der Waals surface area (Å²) in [6.45, 7) is 1.09. The number of β-amino-alcohol motifs (C(OH)–C–C–N with tert-alkyl or cyclic N) is 1. The largest absolute Gasteiger partial charge is 0.449 e. The van der Waals surface area contributed by atoms with Gasteiger partial charge in [-0.2, -0.15) is 13.2 Å². The highest BCUT2D eigenvalue weighted by atomic mass is 19.4. The molecule has 1 fully saturated rings. The molecular weight excluding hydrogens is 461 g/mol. The van der Waals surface area contributed by atoms with E-state index in [0.29, 0.717) is 13.0 Å². The normalized spacial score (nSPS) is 18.8. The first kappa shape index (κ1) is 23.0. The van der Waals surface area contributed by atoms with Crippen molar-refractivity contribution in [2.75, 3.05) is 31.6 Å². The lowest BCUT2D eigenvalue weighted by molar-refractivity contribution is -0.144. The number of nitrogens with zero attached hydrogens (tertiary/aromatic N) is 5. The average molecular weight is 484 g/mol. The lowest BCUT2D eigenvalue weighted by Crippen LogP contribution is -2.54. The molecule has 4 aromatic rings. The number of aliphatic hydroxyl groups is 1. The number of rotatable bonds is 4. The Bertz CT molecular complexity index is 1400. The summed E-state index contributed by atoms with van der Waals surface area (Å²) in [7, 11) is 1.57. The number of benzene rings is 1. The molecule has 1 aliphatic rings. The Balaban J connectivity index is 1.34. The quantitative estimate of drug-likeness (QED) is 0.459. The van der Waals surface area contributed by atoms with Crippen LogP contribution < -0.4 is 4.90 Å². The number of pyridine rings is 2. The molecule has 0 saturated carbocycles. The number of anilines is 1. The van der Waals surface area contributed by atoms with Gasteiger partial charge in [-0.1, -0.05) is 0 Å². The predicted octanol–water partition coefficient (Wildman–Crippen LogP) is 3.63. The predicted molar refractivity (Wildman–Crippen MR) is 124 cm³/mol. The summed E-state index contributed by atoms with van der Waals surface area (Å²) in [5.74, 6) is -1.52. The first-order valence-corrected chi connectivity index (χ1v) is 11.1. The summed E-state index contributed by atoms with van der Waals surface area (Å²) in [6, 6.07) is 9.72. The number of likely N-dealkylation sites (N-methyl/N-ethyl adjacent to an activating group) is 1. The maximum absolute atomic E-state index is 13.1. The molecule has 1 atom stereocenters. The van der Waals surface area contributed by atoms with Crippen LogP contribution in [0.4, 0.5) is 18.9 Å². The molecule has 1 aliphatic heterocycles. The molecular formula is C24H23F3N6O2. The van der Waals surface area contributed by atoms with E-state index >= 15 is 0 Å². The van der Waals surface area contributed by atoms with Crippen LogP contribution in [0, 0.1) is 0 Å². The molecule has 2 N–H and O–H groups in total. The first-order valence-electron chi connectivity index (χ1n) is 11.1. The van der Waals surface area contributed by atoms with Gasteiger partial charge in [0.25, 0.3) is 5.91 Å². The van der Waals surface area contributed by atoms with E-state index in [1.807, 2.05) is 23.1 Å². The van der Waals surface area contributed by atoms with Crippen LogP contribution in [0.15, 0.2) is 48.8 Å². The molecule has 0 bridgehead atoms. The Hall–Kier alpha value is -3.73. The number of piperidine rings is 1. The maximum Gasteiger partial charge on any atom is 0.449 e. The van der Waals surface area contributed by atoms with Crippen molar-refractivity contribution in [2.45, 2.75) is 24.6 Å². The fourth-order valence-electron chi connectivity index (χ4n) is 4.68. The Morgan fingerprint density at radius 3 is 2.83 bits per heavy atom. The fourth-order valence-corrected chi connectivity index (χ4v) is 4.68. The van der Waals surface area contributed by atoms with Crippen molar-refractivity contribution >= 4 is 33.7 Å². The number of aromatic nitrogens is 4. The van der Waals surface area contributed by atoms with E-state index < -0.39 is 23.5 Å². The van der Waals surface area contributed by atoms with Gasteiger partial charge >= 0.3 is 6.18 Å². The third kappa shape index (κ3) is 4.51. The number of alkyl halides is 3. The van der Waals surface area contributed by atoms with Crippen LogP contribution in [0.2, 0.25) is 0 Å². The monoisotopic (exact) mass is 484 g/mol. The van der Waals surface area contributed by atoms with E-state index in [-0.39, 0.29) is 23.1 Å². The van der Waals surface area contributed by atoms with Crippen molar-refractivity contribution in [3.05, 3.63) is 60.2 Å². The summed E-state index contributed by atoms with van der Waals surface area (Å²) in [6.07, 6.45) is 0.0239. The van der Waals surface area contributed by atoms with Crippen LogP contribution in [0.25, 0.3) is 22.1 Å². The van der Waals surface area contributed by atoms with Gasteiger partial charge in [0.15, 0.2) is 0 Å². The van der Waals surface area contributed by atoms with Gasteiger partial charge in [-0.25, -0.2) is 4.98 Å². The molecule has 0 spiro atoms. The zero-order chi connectivity index (χ0) is 24.8. The highest BCUT2D eigenvalue weighted by Gasteiger charge is 2.37. The van der Waals surface area contributed by atoms with E-state index in [1.54, 1.807) is 19.4 Å². The summed E-state index contributed by atoms with van der Waals surface area (Å²) < 4.78 is 38.8. The average Bonchev–Trinajstić information content (AvgIpc) is 3.27. The second kappa shape index (κ2) is 8.49. The fraction of sp³-hybridized carbons (Fsp3) is 0.333. The number of fused-ring (bicyclic) bond motifs is 2. The van der Waals surface area contributed by atoms with Crippen LogP contribution in [0.5, 0.6) is 0 Å². The molecule has 0 unspecified atom stereocenters. The van der Waals surface area contributed by atoms with Crippen molar-refractivity contribution in [2.24, 2.45) is 0 Å². The number of amides is 1. The van der Waals surface area contributed by atoms with Crippen LogP contribution in [0.1, 0.15) is 29.0 Å². The maximum atomic E-state index is 13.1. The molecule has 0 radical (unpaired) electrons. The lowest BCUT2D eigenvalue weighted by atomic mass is 9.91. The third-order valence-electron chi connectivity index (χ3n) is 6.25. The second-order valence-electron chi connectivity index (χ2n) is 8.93. The summed E-state index contributed by atoms with van der Waals surface area (Å²) >= 11 is 0. The zero-order valence-electron chi connectivity index (χ0n) is 18.9. The number of carbonyl (C=O) groups excluding carboxylic acids is 1. The van der Waals surface area contributed by atoms with Gasteiger partial charge in [0, 0.05) is 38.1 Å². The second-order valence-corrected chi connectivity index (χ2v) is 8.93. The van der Waals surface area contributed by atoms with E-state index in [4.69, 9.17) is 0 Å². The van der Waals surface area contributed by atoms with Gasteiger partial charge < -0.3 is 19.9 Å². The van der Waals surface area contributed by atoms with Crippen LogP contribution >= 0.6 is 0 Å². The van der Waals surface area contributed by atoms with Gasteiger partial charge in [0.2, 0.25) is 5.82 Å². The van der Waals surface area contributed by atoms with E-state index in [1.165, 1.54) is 23.1 Å². The van der Waals surface area contributed by atoms with E-state index in [2.05, 4.69) is 19.9 Å². The highest BCUT2D eigenvalue weighted by Crippen LogP contribution is 2.31. The minimum Gasteiger partial charge on any atom is -0.386 e. The van der Waals surface area contributed by atoms with Gasteiger partial charge in [0.1, 0.15) is 5.52 Å². The highest BCUT2D eigenvalue weighted by molar-refractivity contribution is 5.97. The molecule has 3 aromatic heterocycles. The van der Waals surface area contributed by atoms with Gasteiger partial charge in [-0.3, -0.25) is 14.8 Å². The summed E-state index contributed by atoms with van der Waals surface area (Å²) in [5.41, 5.74) is 1.65. The Morgan fingerprint density at radius 2 is 2.03 bits per heavy atom. The minimum absolute atomic E-state index is 0.0631. The Morgan fingerprint density at radius 1 is 1.20 bits per heavy atom. The molecule has 5 rings (SSSR count). The SMILES string of the molecule is CN(C[C@]1(O)CCCN(c2ccnc3cccnc23)C1)C(=O)c1ccc2nc(C(F)(F)F)[nH]c2c1. The van der Waals surface area contributed by atoms with Crippen molar-refractivity contribution in [3.8, 4) is 0 Å². The number of nitrogens with one attached hydrogen (secondary N) is 1. The molecule has 8 nitrogen and oxygen atoms in total. The van der Waals surface area contributed by atoms with Crippen molar-refractivity contribution in [3.63, 3.8) is 0 Å². The zero-order valence-corrected chi connectivity index (χ0v) is 18.9. The van der Waals surface area contributed by atoms with Gasteiger partial charge in [-0.15, -0.1) is 0 Å². The number of hydrogen-bond acceptors (Lipinski definition) is 6. The summed E-state index contributed by atoms with van der Waals surface area (Å²) in [5, 5.41) is 11.4. The van der Waals surface area contributed by atoms with Crippen molar-refractivity contribution in [1.82, 2.24) is 24.8 Å². The lowest BCUT2D eigenvalue weighted by Gasteiger charge is -2.42. The van der Waals surface area contributed by atoms with E-state index in [9.17, 15) is 23.1 Å². The van der Waals surface area contributed by atoms with Crippen LogP contribution in [-0.2, 0) is 6.18 Å². The number of imidazole rings is 1. The van der Waals surface area contributed by atoms with Crippen LogP contribution in [-0.4, -0.2) is 68.1 Å². The number of halogens is 3. The van der Waals surface area contributed by atoms with Crippen molar-refractivity contribution < 1.29 is 23.1 Å². The molecule has 11 heteroatoms. The van der Waals surface area contributed by atoms with Gasteiger partial charge in [-0.05, 0) is 49.2 Å². The number of H-pyrrole nitrogens is 1. The molecule has 1 saturated heterocycles. The molecule has 4 heterocycles. The third-order valence-corrected chi connectivity index (χ3v) is 6.25. The van der Waals surface area contributed by atoms with E-state index in [0.717, 1.165) is 29.7 Å². The Kier molecular flexibility index (Phi) is 5.59.